The molecule has 2 heterocycles. The number of fused-ring (bicyclic) bond motifs is 2. The summed E-state index contributed by atoms with van der Waals surface area (Å²) in [5, 5.41) is 16.6. The number of hydrogen-bond acceptors (Lipinski definition) is 4. The van der Waals surface area contributed by atoms with Crippen molar-refractivity contribution in [3.8, 4) is 11.1 Å². The highest BCUT2D eigenvalue weighted by Crippen LogP contribution is 2.40. The van der Waals surface area contributed by atoms with Crippen molar-refractivity contribution in [1.82, 2.24) is 0 Å². The van der Waals surface area contributed by atoms with Crippen molar-refractivity contribution in [1.29, 1.82) is 0 Å². The van der Waals surface area contributed by atoms with E-state index in [1.807, 2.05) is 70.2 Å². The maximum atomic E-state index is 11.9. The molecule has 0 saturated heterocycles. The number of nitrogens with zero attached hydrogens (tertiary/aromatic N) is 1. The second-order valence-electron chi connectivity index (χ2n) is 9.42. The first-order valence-electron chi connectivity index (χ1n) is 10.7. The molecule has 2 aliphatic heterocycles. The Kier molecular flexibility index (Phi) is 5.81. The highest BCUT2D eigenvalue weighted by atomic mass is 79.9. The van der Waals surface area contributed by atoms with Gasteiger partial charge in [-0.3, -0.25) is 19.7 Å². The lowest BCUT2D eigenvalue weighted by Crippen LogP contribution is -2.26. The van der Waals surface area contributed by atoms with E-state index in [0.29, 0.717) is 0 Å². The Bertz CT molecular complexity index is 1350. The summed E-state index contributed by atoms with van der Waals surface area (Å²) in [7, 11) is 0. The summed E-state index contributed by atoms with van der Waals surface area (Å²) in [4.78, 5) is 33.9. The molecule has 8 heteroatoms. The minimum atomic E-state index is -0.591. The molecule has 3 aromatic carbocycles. The van der Waals surface area contributed by atoms with Crippen LogP contribution >= 0.6 is 15.9 Å². The Morgan fingerprint density at radius 2 is 1.29 bits per heavy atom. The lowest BCUT2D eigenvalue weighted by atomic mass is 9.85. The maximum Gasteiger partial charge on any atom is 0.270 e. The van der Waals surface area contributed by atoms with E-state index in [0.717, 1.165) is 38.1 Å². The Labute approximate surface area is 205 Å². The molecule has 0 spiro atoms. The van der Waals surface area contributed by atoms with Crippen LogP contribution in [-0.4, -0.2) is 16.7 Å². The summed E-state index contributed by atoms with van der Waals surface area (Å²) in [5.41, 5.74) is 4.40. The smallest absolute Gasteiger partial charge is 0.270 e. The van der Waals surface area contributed by atoms with Crippen molar-refractivity contribution in [2.75, 3.05) is 10.6 Å². The van der Waals surface area contributed by atoms with Gasteiger partial charge < -0.3 is 10.6 Å². The molecule has 174 valence electrons. The predicted octanol–water partition coefficient (Wildman–Crippen LogP) is 6.17. The van der Waals surface area contributed by atoms with E-state index in [4.69, 9.17) is 0 Å². The number of non-ortho nitro benzene ring substituents is 1. The molecule has 0 radical (unpaired) electrons. The number of nitro groups is 1. The van der Waals surface area contributed by atoms with E-state index in [1.54, 1.807) is 12.1 Å². The number of nitrogens with one attached hydrogen (secondary N) is 2. The fourth-order valence-corrected chi connectivity index (χ4v) is 4.45. The lowest BCUT2D eigenvalue weighted by molar-refractivity contribution is -0.384. The monoisotopic (exact) mass is 521 g/mol. The first kappa shape index (κ1) is 23.6. The van der Waals surface area contributed by atoms with Gasteiger partial charge in [-0.05, 0) is 80.3 Å². The molecule has 0 aliphatic carbocycles. The minimum Gasteiger partial charge on any atom is -0.325 e. The quantitative estimate of drug-likeness (QED) is 0.311. The number of rotatable bonds is 2. The predicted molar refractivity (Wildman–Crippen MR) is 136 cm³/mol. The van der Waals surface area contributed by atoms with Gasteiger partial charge in [0.25, 0.3) is 5.69 Å². The van der Waals surface area contributed by atoms with E-state index in [1.165, 1.54) is 6.07 Å². The van der Waals surface area contributed by atoms with Gasteiger partial charge in [-0.1, -0.05) is 34.1 Å². The third-order valence-corrected chi connectivity index (χ3v) is 6.86. The minimum absolute atomic E-state index is 0.0336. The average Bonchev–Trinajstić information content (AvgIpc) is 3.16. The van der Waals surface area contributed by atoms with Crippen LogP contribution < -0.4 is 10.6 Å². The van der Waals surface area contributed by atoms with Crippen molar-refractivity contribution >= 4 is 44.8 Å². The number of amides is 2. The van der Waals surface area contributed by atoms with Gasteiger partial charge in [0.1, 0.15) is 0 Å². The van der Waals surface area contributed by atoms with Crippen LogP contribution in [0.5, 0.6) is 0 Å². The summed E-state index contributed by atoms with van der Waals surface area (Å²) in [6.45, 7) is 7.60. The standard InChI is InChI=1S/C16H14N2O3.C10H10BrNO/c1-16(2)13-9-11(6-7-14(13)17-15(16)19)10-4-3-5-12(8-10)18(20)21;1-10(2)7-5-6(11)3-4-8(7)12-9(10)13/h3-9H,1-2H3,(H,17,19);3-5H,1-2H3,(H,12,13). The average molecular weight is 522 g/mol. The zero-order valence-electron chi connectivity index (χ0n) is 19.2. The van der Waals surface area contributed by atoms with Crippen molar-refractivity contribution in [2.24, 2.45) is 0 Å². The number of nitro benzene ring substituents is 1. The van der Waals surface area contributed by atoms with Gasteiger partial charge in [-0.25, -0.2) is 0 Å². The molecule has 3 aromatic rings. The number of hydrogen-bond donors (Lipinski definition) is 2. The van der Waals surface area contributed by atoms with E-state index in [-0.39, 0.29) is 17.5 Å². The SMILES string of the molecule is CC1(C)C(=O)Nc2ccc(-c3cccc([N+](=O)[O-])c3)cc21.CC1(C)C(=O)Nc2ccc(Br)cc21. The second-order valence-corrected chi connectivity index (χ2v) is 10.3. The van der Waals surface area contributed by atoms with Crippen LogP contribution in [0.2, 0.25) is 0 Å². The first-order valence-corrected chi connectivity index (χ1v) is 11.5. The largest absolute Gasteiger partial charge is 0.325 e. The van der Waals surface area contributed by atoms with E-state index < -0.39 is 15.8 Å². The molecule has 0 saturated carbocycles. The highest BCUT2D eigenvalue weighted by Gasteiger charge is 2.39. The van der Waals surface area contributed by atoms with Gasteiger partial charge in [0.15, 0.2) is 0 Å². The highest BCUT2D eigenvalue weighted by molar-refractivity contribution is 9.10. The van der Waals surface area contributed by atoms with Crippen molar-refractivity contribution in [3.63, 3.8) is 0 Å². The molecule has 34 heavy (non-hydrogen) atoms. The van der Waals surface area contributed by atoms with Gasteiger partial charge in [-0.15, -0.1) is 0 Å². The van der Waals surface area contributed by atoms with E-state index in [9.17, 15) is 19.7 Å². The van der Waals surface area contributed by atoms with Crippen LogP contribution in [-0.2, 0) is 20.4 Å². The van der Waals surface area contributed by atoms with Gasteiger partial charge in [0.2, 0.25) is 11.8 Å². The topological polar surface area (TPSA) is 101 Å². The summed E-state index contributed by atoms with van der Waals surface area (Å²) in [6.07, 6.45) is 0. The normalized spacial score (nSPS) is 16.5. The number of benzene rings is 3. The Hall–Kier alpha value is -3.52. The van der Waals surface area contributed by atoms with Crippen LogP contribution in [0.15, 0.2) is 65.1 Å². The van der Waals surface area contributed by atoms with Crippen molar-refractivity contribution in [2.45, 2.75) is 38.5 Å². The molecule has 0 bridgehead atoms. The molecule has 0 aromatic heterocycles. The number of halogens is 1. The molecule has 0 fully saturated rings. The van der Waals surface area contributed by atoms with Crippen molar-refractivity contribution in [3.05, 3.63) is 86.4 Å². The number of carbonyl (C=O) groups is 2. The summed E-state index contributed by atoms with van der Waals surface area (Å²) in [6, 6.07) is 18.0. The maximum absolute atomic E-state index is 11.9. The summed E-state index contributed by atoms with van der Waals surface area (Å²) >= 11 is 3.40. The number of carbonyl (C=O) groups excluding carboxylic acids is 2. The second kappa shape index (κ2) is 8.36. The molecular formula is C26H24BrN3O4. The van der Waals surface area contributed by atoms with Crippen LogP contribution in [0.1, 0.15) is 38.8 Å². The van der Waals surface area contributed by atoms with Gasteiger partial charge in [-0.2, -0.15) is 0 Å². The zero-order valence-corrected chi connectivity index (χ0v) is 20.8. The molecule has 0 atom stereocenters. The molecule has 2 N–H and O–H groups in total. The van der Waals surface area contributed by atoms with Crippen LogP contribution in [0.4, 0.5) is 17.1 Å². The third kappa shape index (κ3) is 4.09. The number of anilines is 2. The Morgan fingerprint density at radius 3 is 1.88 bits per heavy atom. The first-order chi connectivity index (χ1) is 15.9. The van der Waals surface area contributed by atoms with Crippen LogP contribution in [0, 0.1) is 10.1 Å². The Balaban J connectivity index is 0.000000180. The Morgan fingerprint density at radius 1 is 0.765 bits per heavy atom. The fourth-order valence-electron chi connectivity index (χ4n) is 4.09. The lowest BCUT2D eigenvalue weighted by Gasteiger charge is -2.15. The molecule has 0 unspecified atom stereocenters. The molecular weight excluding hydrogens is 498 g/mol. The third-order valence-electron chi connectivity index (χ3n) is 6.37. The van der Waals surface area contributed by atoms with Gasteiger partial charge in [0, 0.05) is 28.0 Å². The molecule has 2 amide bonds. The zero-order chi connectivity index (χ0) is 24.8. The van der Waals surface area contributed by atoms with Gasteiger partial charge >= 0.3 is 0 Å². The van der Waals surface area contributed by atoms with Crippen molar-refractivity contribution < 1.29 is 14.5 Å². The molecule has 5 rings (SSSR count). The van der Waals surface area contributed by atoms with E-state index in [2.05, 4.69) is 26.6 Å². The fraction of sp³-hybridized carbons (Fsp3) is 0.231. The van der Waals surface area contributed by atoms with Gasteiger partial charge in [0.05, 0.1) is 15.8 Å². The van der Waals surface area contributed by atoms with E-state index >= 15 is 0 Å². The molecule has 7 nitrogen and oxygen atoms in total. The van der Waals surface area contributed by atoms with Crippen LogP contribution in [0.25, 0.3) is 11.1 Å². The van der Waals surface area contributed by atoms with Crippen LogP contribution in [0.3, 0.4) is 0 Å². The summed E-state index contributed by atoms with van der Waals surface area (Å²) in [5.74, 6) is 0.0364. The summed E-state index contributed by atoms with van der Waals surface area (Å²) < 4.78 is 1.01. The molecule has 2 aliphatic rings.